The van der Waals surface area contributed by atoms with E-state index in [9.17, 15) is 14.0 Å². The standard InChI is InChI=1S/C24H24FN3O2/c1-18(24(30)27-16-22-9-5-6-14-26-22)28(17-20-10-12-21(25)13-11-20)23(29)15-19-7-3-2-4-8-19/h2-14,18H,15-17H2,1H3,(H,27,30)/t18-/m0/s1. The van der Waals surface area contributed by atoms with E-state index in [-0.39, 0.29) is 37.1 Å². The fourth-order valence-electron chi connectivity index (χ4n) is 3.07. The number of nitrogens with zero attached hydrogens (tertiary/aromatic N) is 2. The molecule has 3 rings (SSSR count). The van der Waals surface area contributed by atoms with Gasteiger partial charge < -0.3 is 10.2 Å². The summed E-state index contributed by atoms with van der Waals surface area (Å²) >= 11 is 0. The number of halogens is 1. The topological polar surface area (TPSA) is 62.3 Å². The number of hydrogen-bond acceptors (Lipinski definition) is 3. The van der Waals surface area contributed by atoms with Crippen LogP contribution in [0.1, 0.15) is 23.7 Å². The summed E-state index contributed by atoms with van der Waals surface area (Å²) in [6.07, 6.45) is 1.84. The number of nitrogens with one attached hydrogen (secondary N) is 1. The molecule has 0 unspecified atom stereocenters. The van der Waals surface area contributed by atoms with Gasteiger partial charge in [0.25, 0.3) is 0 Å². The molecule has 0 aliphatic heterocycles. The van der Waals surface area contributed by atoms with Crippen molar-refractivity contribution in [2.75, 3.05) is 0 Å². The summed E-state index contributed by atoms with van der Waals surface area (Å²) in [6, 6.07) is 20.1. The molecule has 0 aliphatic rings. The van der Waals surface area contributed by atoms with Crippen LogP contribution in [0.4, 0.5) is 4.39 Å². The number of hydrogen-bond donors (Lipinski definition) is 1. The third kappa shape index (κ3) is 5.98. The molecule has 2 amide bonds. The predicted octanol–water partition coefficient (Wildman–Crippen LogP) is 3.50. The van der Waals surface area contributed by atoms with Crippen molar-refractivity contribution in [2.45, 2.75) is 32.5 Å². The maximum absolute atomic E-state index is 13.3. The van der Waals surface area contributed by atoms with Gasteiger partial charge in [-0.1, -0.05) is 48.5 Å². The molecule has 2 aromatic carbocycles. The molecule has 1 atom stereocenters. The molecule has 0 saturated heterocycles. The molecule has 5 nitrogen and oxygen atoms in total. The average molecular weight is 405 g/mol. The minimum Gasteiger partial charge on any atom is -0.349 e. The Balaban J connectivity index is 1.73. The molecule has 1 aromatic heterocycles. The lowest BCUT2D eigenvalue weighted by Crippen LogP contribution is -2.48. The predicted molar refractivity (Wildman–Crippen MR) is 113 cm³/mol. The lowest BCUT2D eigenvalue weighted by molar-refractivity contribution is -0.140. The fourth-order valence-corrected chi connectivity index (χ4v) is 3.07. The molecule has 0 bridgehead atoms. The fraction of sp³-hybridized carbons (Fsp3) is 0.208. The number of rotatable bonds is 8. The highest BCUT2D eigenvalue weighted by Crippen LogP contribution is 2.13. The lowest BCUT2D eigenvalue weighted by atomic mass is 10.1. The first-order valence-corrected chi connectivity index (χ1v) is 9.78. The summed E-state index contributed by atoms with van der Waals surface area (Å²) in [4.78, 5) is 31.5. The minimum atomic E-state index is -0.699. The summed E-state index contributed by atoms with van der Waals surface area (Å²) < 4.78 is 13.3. The first-order valence-electron chi connectivity index (χ1n) is 9.78. The molecule has 6 heteroatoms. The smallest absolute Gasteiger partial charge is 0.242 e. The Kier molecular flexibility index (Phi) is 7.27. The van der Waals surface area contributed by atoms with Crippen molar-refractivity contribution >= 4 is 11.8 Å². The molecule has 0 aliphatic carbocycles. The summed E-state index contributed by atoms with van der Waals surface area (Å²) in [5.41, 5.74) is 2.36. The van der Waals surface area contributed by atoms with Crippen LogP contribution in [0.5, 0.6) is 0 Å². The van der Waals surface area contributed by atoms with E-state index in [0.29, 0.717) is 0 Å². The van der Waals surface area contributed by atoms with Gasteiger partial charge in [-0.05, 0) is 42.3 Å². The largest absolute Gasteiger partial charge is 0.349 e. The third-order valence-corrected chi connectivity index (χ3v) is 4.80. The quantitative estimate of drug-likeness (QED) is 0.624. The SMILES string of the molecule is C[C@@H](C(=O)NCc1ccccn1)N(Cc1ccc(F)cc1)C(=O)Cc1ccccc1. The first-order chi connectivity index (χ1) is 14.5. The zero-order valence-electron chi connectivity index (χ0n) is 16.8. The van der Waals surface area contributed by atoms with Gasteiger partial charge in [0, 0.05) is 12.7 Å². The Morgan fingerprint density at radius 2 is 1.67 bits per heavy atom. The number of aromatic nitrogens is 1. The van der Waals surface area contributed by atoms with Crippen molar-refractivity contribution in [1.82, 2.24) is 15.2 Å². The molecule has 30 heavy (non-hydrogen) atoms. The van der Waals surface area contributed by atoms with E-state index in [1.807, 2.05) is 42.5 Å². The molecule has 0 fully saturated rings. The van der Waals surface area contributed by atoms with Crippen LogP contribution < -0.4 is 5.32 Å². The van der Waals surface area contributed by atoms with Gasteiger partial charge in [0.2, 0.25) is 11.8 Å². The van der Waals surface area contributed by atoms with Gasteiger partial charge in [0.05, 0.1) is 18.7 Å². The first kappa shape index (κ1) is 21.2. The summed E-state index contributed by atoms with van der Waals surface area (Å²) in [6.45, 7) is 2.19. The second kappa shape index (κ2) is 10.3. The summed E-state index contributed by atoms with van der Waals surface area (Å²) in [5, 5.41) is 2.84. The van der Waals surface area contributed by atoms with Crippen LogP contribution in [0.3, 0.4) is 0 Å². The van der Waals surface area contributed by atoms with Crippen molar-refractivity contribution in [3.05, 3.63) is 102 Å². The number of carbonyl (C=O) groups excluding carboxylic acids is 2. The van der Waals surface area contributed by atoms with Crippen LogP contribution in [-0.4, -0.2) is 27.7 Å². The number of benzene rings is 2. The zero-order chi connectivity index (χ0) is 21.3. The number of amides is 2. The lowest BCUT2D eigenvalue weighted by Gasteiger charge is -2.29. The second-order valence-electron chi connectivity index (χ2n) is 7.03. The highest BCUT2D eigenvalue weighted by Gasteiger charge is 2.26. The molecular formula is C24H24FN3O2. The van der Waals surface area contributed by atoms with Crippen molar-refractivity contribution < 1.29 is 14.0 Å². The van der Waals surface area contributed by atoms with Gasteiger partial charge >= 0.3 is 0 Å². The average Bonchev–Trinajstić information content (AvgIpc) is 2.78. The Morgan fingerprint density at radius 3 is 2.33 bits per heavy atom. The van der Waals surface area contributed by atoms with Crippen molar-refractivity contribution in [1.29, 1.82) is 0 Å². The number of carbonyl (C=O) groups is 2. The van der Waals surface area contributed by atoms with E-state index in [1.54, 1.807) is 31.3 Å². The van der Waals surface area contributed by atoms with Gasteiger partial charge in [0.1, 0.15) is 11.9 Å². The molecule has 154 valence electrons. The van der Waals surface area contributed by atoms with Crippen LogP contribution in [0.25, 0.3) is 0 Å². The monoisotopic (exact) mass is 405 g/mol. The van der Waals surface area contributed by atoms with E-state index >= 15 is 0 Å². The minimum absolute atomic E-state index is 0.175. The van der Waals surface area contributed by atoms with E-state index < -0.39 is 6.04 Å². The van der Waals surface area contributed by atoms with E-state index in [1.165, 1.54) is 17.0 Å². The molecular weight excluding hydrogens is 381 g/mol. The highest BCUT2D eigenvalue weighted by molar-refractivity contribution is 5.88. The Hall–Kier alpha value is -3.54. The molecule has 3 aromatic rings. The second-order valence-corrected chi connectivity index (χ2v) is 7.03. The molecule has 0 radical (unpaired) electrons. The van der Waals surface area contributed by atoms with Crippen LogP contribution in [0, 0.1) is 5.82 Å². The van der Waals surface area contributed by atoms with E-state index in [2.05, 4.69) is 10.3 Å². The van der Waals surface area contributed by atoms with Crippen LogP contribution in [0.15, 0.2) is 79.0 Å². The Morgan fingerprint density at radius 1 is 0.967 bits per heavy atom. The maximum atomic E-state index is 13.3. The van der Waals surface area contributed by atoms with Gasteiger partial charge in [-0.15, -0.1) is 0 Å². The van der Waals surface area contributed by atoms with E-state index in [4.69, 9.17) is 0 Å². The summed E-state index contributed by atoms with van der Waals surface area (Å²) in [5.74, 6) is -0.794. The van der Waals surface area contributed by atoms with E-state index in [0.717, 1.165) is 16.8 Å². The van der Waals surface area contributed by atoms with Crippen molar-refractivity contribution in [2.24, 2.45) is 0 Å². The normalized spacial score (nSPS) is 11.5. The molecule has 0 saturated carbocycles. The molecule has 0 spiro atoms. The van der Waals surface area contributed by atoms with Gasteiger partial charge in [-0.25, -0.2) is 4.39 Å². The van der Waals surface area contributed by atoms with Crippen LogP contribution in [-0.2, 0) is 29.1 Å². The highest BCUT2D eigenvalue weighted by atomic mass is 19.1. The Bertz CT molecular complexity index is 963. The van der Waals surface area contributed by atoms with Gasteiger partial charge in [-0.2, -0.15) is 0 Å². The third-order valence-electron chi connectivity index (χ3n) is 4.80. The van der Waals surface area contributed by atoms with Crippen molar-refractivity contribution in [3.8, 4) is 0 Å². The number of pyridine rings is 1. The van der Waals surface area contributed by atoms with Crippen molar-refractivity contribution in [3.63, 3.8) is 0 Å². The molecule has 1 N–H and O–H groups in total. The van der Waals surface area contributed by atoms with Crippen LogP contribution >= 0.6 is 0 Å². The molecule has 1 heterocycles. The zero-order valence-corrected chi connectivity index (χ0v) is 16.8. The Labute approximate surface area is 175 Å². The van der Waals surface area contributed by atoms with Gasteiger partial charge in [0.15, 0.2) is 0 Å². The summed E-state index contributed by atoms with van der Waals surface area (Å²) in [7, 11) is 0. The van der Waals surface area contributed by atoms with Gasteiger partial charge in [-0.3, -0.25) is 14.6 Å². The maximum Gasteiger partial charge on any atom is 0.242 e. The van der Waals surface area contributed by atoms with Crippen LogP contribution in [0.2, 0.25) is 0 Å².